The van der Waals surface area contributed by atoms with Gasteiger partial charge in [0.1, 0.15) is 5.54 Å². The predicted molar refractivity (Wildman–Crippen MR) is 73.1 cm³/mol. The van der Waals surface area contributed by atoms with Crippen molar-refractivity contribution in [2.24, 2.45) is 0 Å². The molecule has 1 fully saturated rings. The first-order chi connectivity index (χ1) is 9.55. The molecule has 1 aromatic carbocycles. The summed E-state index contributed by atoms with van der Waals surface area (Å²) in [6.45, 7) is 2.04. The summed E-state index contributed by atoms with van der Waals surface area (Å²) >= 11 is 0. The van der Waals surface area contributed by atoms with Crippen molar-refractivity contribution in [1.29, 1.82) is 0 Å². The first-order valence-corrected chi connectivity index (χ1v) is 6.78. The molecule has 0 aromatic heterocycles. The first kappa shape index (κ1) is 14.8. The summed E-state index contributed by atoms with van der Waals surface area (Å²) in [5, 5.41) is 3.27. The third-order valence-electron chi connectivity index (χ3n) is 3.43. The predicted octanol–water partition coefficient (Wildman–Crippen LogP) is 2.28. The van der Waals surface area contributed by atoms with Gasteiger partial charge in [-0.15, -0.1) is 0 Å². The van der Waals surface area contributed by atoms with E-state index in [1.807, 2.05) is 0 Å². The number of halogens is 1. The lowest BCUT2D eigenvalue weighted by Gasteiger charge is -2.28. The summed E-state index contributed by atoms with van der Waals surface area (Å²) in [5.41, 5.74) is -0.791. The SMILES string of the molecule is COC(=O)C(C)(CCOc1ccccc1F)NC1CC1. The molecule has 1 atom stereocenters. The zero-order valence-electron chi connectivity index (χ0n) is 11.8. The van der Waals surface area contributed by atoms with Crippen molar-refractivity contribution in [3.8, 4) is 5.75 Å². The van der Waals surface area contributed by atoms with E-state index in [4.69, 9.17) is 9.47 Å². The van der Waals surface area contributed by atoms with E-state index < -0.39 is 11.4 Å². The van der Waals surface area contributed by atoms with Crippen molar-refractivity contribution < 1.29 is 18.7 Å². The zero-order chi connectivity index (χ0) is 14.6. The van der Waals surface area contributed by atoms with Crippen LogP contribution in [0, 0.1) is 5.82 Å². The molecule has 4 nitrogen and oxygen atoms in total. The summed E-state index contributed by atoms with van der Waals surface area (Å²) in [5.74, 6) is -0.518. The normalized spacial score (nSPS) is 17.4. The molecule has 1 aromatic rings. The van der Waals surface area contributed by atoms with Crippen LogP contribution < -0.4 is 10.1 Å². The molecule has 0 aliphatic heterocycles. The van der Waals surface area contributed by atoms with Gasteiger partial charge in [-0.25, -0.2) is 4.39 Å². The molecule has 0 heterocycles. The fraction of sp³-hybridized carbons (Fsp3) is 0.533. The summed E-state index contributed by atoms with van der Waals surface area (Å²) < 4.78 is 23.7. The molecular weight excluding hydrogens is 261 g/mol. The van der Waals surface area contributed by atoms with Gasteiger partial charge in [0.15, 0.2) is 11.6 Å². The van der Waals surface area contributed by atoms with Crippen LogP contribution in [0.1, 0.15) is 26.2 Å². The van der Waals surface area contributed by atoms with E-state index in [1.165, 1.54) is 13.2 Å². The molecule has 1 saturated carbocycles. The first-order valence-electron chi connectivity index (χ1n) is 6.78. The second-order valence-electron chi connectivity index (χ2n) is 5.27. The van der Waals surface area contributed by atoms with Crippen molar-refractivity contribution in [3.05, 3.63) is 30.1 Å². The van der Waals surface area contributed by atoms with Gasteiger partial charge in [-0.3, -0.25) is 10.1 Å². The minimum absolute atomic E-state index is 0.200. The molecule has 2 rings (SSSR count). The van der Waals surface area contributed by atoms with Crippen LogP contribution >= 0.6 is 0 Å². The van der Waals surface area contributed by atoms with E-state index in [2.05, 4.69) is 5.32 Å². The lowest BCUT2D eigenvalue weighted by atomic mass is 9.98. The Labute approximate surface area is 118 Å². The topological polar surface area (TPSA) is 47.6 Å². The molecule has 5 heteroatoms. The fourth-order valence-corrected chi connectivity index (χ4v) is 2.06. The lowest BCUT2D eigenvalue weighted by Crippen LogP contribution is -2.52. The number of esters is 1. The number of methoxy groups -OCH3 is 1. The number of ether oxygens (including phenoxy) is 2. The second-order valence-corrected chi connectivity index (χ2v) is 5.27. The minimum Gasteiger partial charge on any atom is -0.490 e. The third kappa shape index (κ3) is 3.70. The van der Waals surface area contributed by atoms with Gasteiger partial charge in [-0.2, -0.15) is 0 Å². The Hall–Kier alpha value is -1.62. The Kier molecular flexibility index (Phi) is 4.60. The highest BCUT2D eigenvalue weighted by atomic mass is 19.1. The summed E-state index contributed by atoms with van der Waals surface area (Å²) in [6, 6.07) is 6.60. The number of benzene rings is 1. The summed E-state index contributed by atoms with van der Waals surface area (Å²) in [4.78, 5) is 11.9. The Bertz CT molecular complexity index is 476. The van der Waals surface area contributed by atoms with Crippen LogP contribution in [-0.2, 0) is 9.53 Å². The van der Waals surface area contributed by atoms with Crippen LogP contribution in [-0.4, -0.2) is 31.3 Å². The molecule has 20 heavy (non-hydrogen) atoms. The molecule has 110 valence electrons. The Morgan fingerprint density at radius 2 is 2.15 bits per heavy atom. The number of para-hydroxylation sites is 1. The van der Waals surface area contributed by atoms with Crippen molar-refractivity contribution >= 4 is 5.97 Å². The molecule has 1 N–H and O–H groups in total. The number of carbonyl (C=O) groups excluding carboxylic acids is 1. The molecule has 0 amide bonds. The zero-order valence-corrected chi connectivity index (χ0v) is 11.8. The van der Waals surface area contributed by atoms with E-state index >= 15 is 0 Å². The number of hydrogen-bond acceptors (Lipinski definition) is 4. The Morgan fingerprint density at radius 3 is 2.75 bits per heavy atom. The van der Waals surface area contributed by atoms with Gasteiger partial charge in [-0.05, 0) is 31.9 Å². The van der Waals surface area contributed by atoms with E-state index in [1.54, 1.807) is 25.1 Å². The smallest absolute Gasteiger partial charge is 0.325 e. The largest absolute Gasteiger partial charge is 0.490 e. The number of hydrogen-bond donors (Lipinski definition) is 1. The lowest BCUT2D eigenvalue weighted by molar-refractivity contribution is -0.148. The van der Waals surface area contributed by atoms with E-state index in [-0.39, 0.29) is 18.3 Å². The Balaban J connectivity index is 1.91. The standard InChI is InChI=1S/C15H20FNO3/c1-15(14(18)19-2,17-11-7-8-11)9-10-20-13-6-4-3-5-12(13)16/h3-6,11,17H,7-10H2,1-2H3. The van der Waals surface area contributed by atoms with E-state index in [0.29, 0.717) is 12.5 Å². The van der Waals surface area contributed by atoms with Crippen LogP contribution in [0.4, 0.5) is 4.39 Å². The maximum Gasteiger partial charge on any atom is 0.325 e. The molecule has 0 saturated heterocycles. The highest BCUT2D eigenvalue weighted by Gasteiger charge is 2.39. The molecule has 0 bridgehead atoms. The number of rotatable bonds is 7. The third-order valence-corrected chi connectivity index (χ3v) is 3.43. The molecule has 1 aliphatic rings. The minimum atomic E-state index is -0.791. The van der Waals surface area contributed by atoms with Gasteiger partial charge < -0.3 is 9.47 Å². The van der Waals surface area contributed by atoms with E-state index in [9.17, 15) is 9.18 Å². The molecule has 0 spiro atoms. The van der Waals surface area contributed by atoms with E-state index in [0.717, 1.165) is 12.8 Å². The quantitative estimate of drug-likeness (QED) is 0.779. The molecule has 1 unspecified atom stereocenters. The van der Waals surface area contributed by atoms with Gasteiger partial charge in [-0.1, -0.05) is 12.1 Å². The molecule has 0 radical (unpaired) electrons. The fourth-order valence-electron chi connectivity index (χ4n) is 2.06. The maximum absolute atomic E-state index is 13.4. The monoisotopic (exact) mass is 281 g/mol. The van der Waals surface area contributed by atoms with Crippen molar-refractivity contribution in [1.82, 2.24) is 5.32 Å². The van der Waals surface area contributed by atoms with Gasteiger partial charge in [0.2, 0.25) is 0 Å². The molecule has 1 aliphatic carbocycles. The number of carbonyl (C=O) groups is 1. The summed E-state index contributed by atoms with van der Waals surface area (Å²) in [7, 11) is 1.37. The van der Waals surface area contributed by atoms with Crippen LogP contribution in [0.15, 0.2) is 24.3 Å². The van der Waals surface area contributed by atoms with Crippen LogP contribution in [0.5, 0.6) is 5.75 Å². The van der Waals surface area contributed by atoms with Gasteiger partial charge >= 0.3 is 5.97 Å². The maximum atomic E-state index is 13.4. The van der Waals surface area contributed by atoms with Crippen molar-refractivity contribution in [3.63, 3.8) is 0 Å². The average Bonchev–Trinajstić information content (AvgIpc) is 3.23. The number of nitrogens with one attached hydrogen (secondary N) is 1. The van der Waals surface area contributed by atoms with Crippen LogP contribution in [0.2, 0.25) is 0 Å². The van der Waals surface area contributed by atoms with Crippen LogP contribution in [0.3, 0.4) is 0 Å². The summed E-state index contributed by atoms with van der Waals surface area (Å²) in [6.07, 6.45) is 2.56. The van der Waals surface area contributed by atoms with Crippen molar-refractivity contribution in [2.75, 3.05) is 13.7 Å². The second kappa shape index (κ2) is 6.22. The highest BCUT2D eigenvalue weighted by molar-refractivity contribution is 5.80. The Morgan fingerprint density at radius 1 is 1.45 bits per heavy atom. The van der Waals surface area contributed by atoms with Crippen LogP contribution in [0.25, 0.3) is 0 Å². The molecular formula is C15H20FNO3. The van der Waals surface area contributed by atoms with Gasteiger partial charge in [0.05, 0.1) is 13.7 Å². The van der Waals surface area contributed by atoms with Gasteiger partial charge in [0.25, 0.3) is 0 Å². The highest BCUT2D eigenvalue weighted by Crippen LogP contribution is 2.25. The average molecular weight is 281 g/mol. The van der Waals surface area contributed by atoms with Crippen molar-refractivity contribution in [2.45, 2.75) is 37.8 Å². The van der Waals surface area contributed by atoms with Gasteiger partial charge in [0, 0.05) is 12.5 Å².